The molecule has 15 heavy (non-hydrogen) atoms. The monoisotopic (exact) mass is 202 g/mol. The average Bonchev–Trinajstić information content (AvgIpc) is 2.27. The van der Waals surface area contributed by atoms with Gasteiger partial charge >= 0.3 is 0 Å². The third-order valence-corrected chi connectivity index (χ3v) is 2.18. The summed E-state index contributed by atoms with van der Waals surface area (Å²) in [6.07, 6.45) is 0.791. The van der Waals surface area contributed by atoms with Crippen LogP contribution in [0.25, 0.3) is 0 Å². The van der Waals surface area contributed by atoms with E-state index in [-0.39, 0.29) is 5.91 Å². The minimum atomic E-state index is 0.0523. The molecule has 0 unspecified atom stereocenters. The molecule has 3 nitrogen and oxygen atoms in total. The van der Waals surface area contributed by atoms with Crippen molar-refractivity contribution < 1.29 is 4.79 Å². The van der Waals surface area contributed by atoms with Crippen LogP contribution >= 0.6 is 0 Å². The number of nitrogens with zero attached hydrogens (tertiary/aromatic N) is 2. The van der Waals surface area contributed by atoms with Gasteiger partial charge < -0.3 is 4.90 Å². The number of nitriles is 1. The molecule has 0 saturated carbocycles. The lowest BCUT2D eigenvalue weighted by atomic mass is 10.1. The first-order valence-corrected chi connectivity index (χ1v) is 4.89. The van der Waals surface area contributed by atoms with Crippen molar-refractivity contribution in [1.82, 2.24) is 4.90 Å². The standard InChI is InChI=1S/C12H14N2O/c1-14(9-5-8-13)12(15)10-11-6-3-2-4-7-11/h2-4,6-7H,5,9-10H2,1H3. The summed E-state index contributed by atoms with van der Waals surface area (Å²) in [7, 11) is 1.72. The summed E-state index contributed by atoms with van der Waals surface area (Å²) < 4.78 is 0. The molecule has 0 aliphatic rings. The summed E-state index contributed by atoms with van der Waals surface area (Å²) in [6.45, 7) is 0.502. The minimum absolute atomic E-state index is 0.0523. The van der Waals surface area contributed by atoms with E-state index in [2.05, 4.69) is 0 Å². The molecule has 0 bridgehead atoms. The van der Waals surface area contributed by atoms with Gasteiger partial charge in [-0.3, -0.25) is 4.79 Å². The van der Waals surface area contributed by atoms with Gasteiger partial charge in [0.1, 0.15) is 0 Å². The number of carbonyl (C=O) groups excluding carboxylic acids is 1. The van der Waals surface area contributed by atoms with Gasteiger partial charge in [-0.05, 0) is 5.56 Å². The average molecular weight is 202 g/mol. The highest BCUT2D eigenvalue weighted by molar-refractivity contribution is 5.78. The van der Waals surface area contributed by atoms with Crippen molar-refractivity contribution in [3.05, 3.63) is 35.9 Å². The molecule has 1 amide bonds. The van der Waals surface area contributed by atoms with Gasteiger partial charge in [0.05, 0.1) is 18.9 Å². The smallest absolute Gasteiger partial charge is 0.226 e. The fourth-order valence-electron chi connectivity index (χ4n) is 1.25. The third kappa shape index (κ3) is 3.82. The lowest BCUT2D eigenvalue weighted by molar-refractivity contribution is -0.129. The second kappa shape index (κ2) is 5.82. The Hall–Kier alpha value is -1.82. The van der Waals surface area contributed by atoms with E-state index in [0.29, 0.717) is 19.4 Å². The first-order valence-electron chi connectivity index (χ1n) is 4.89. The fourth-order valence-corrected chi connectivity index (χ4v) is 1.25. The molecule has 0 saturated heterocycles. The van der Waals surface area contributed by atoms with Gasteiger partial charge in [0, 0.05) is 13.6 Å². The molecule has 0 N–H and O–H groups in total. The van der Waals surface area contributed by atoms with Crippen molar-refractivity contribution in [2.24, 2.45) is 0 Å². The maximum absolute atomic E-state index is 11.6. The summed E-state index contributed by atoms with van der Waals surface area (Å²) in [6, 6.07) is 11.6. The van der Waals surface area contributed by atoms with E-state index in [1.54, 1.807) is 11.9 Å². The van der Waals surface area contributed by atoms with Crippen molar-refractivity contribution in [1.29, 1.82) is 5.26 Å². The summed E-state index contributed by atoms with van der Waals surface area (Å²) in [4.78, 5) is 13.2. The molecule has 1 aromatic rings. The Labute approximate surface area is 89.9 Å². The van der Waals surface area contributed by atoms with E-state index in [4.69, 9.17) is 5.26 Å². The van der Waals surface area contributed by atoms with Crippen LogP contribution in [0.1, 0.15) is 12.0 Å². The molecular weight excluding hydrogens is 188 g/mol. The second-order valence-electron chi connectivity index (χ2n) is 3.39. The highest BCUT2D eigenvalue weighted by atomic mass is 16.2. The summed E-state index contributed by atoms with van der Waals surface area (Å²) in [5.74, 6) is 0.0523. The molecule has 1 rings (SSSR count). The van der Waals surface area contributed by atoms with E-state index in [0.717, 1.165) is 5.56 Å². The molecule has 78 valence electrons. The summed E-state index contributed by atoms with van der Waals surface area (Å²) >= 11 is 0. The molecule has 0 radical (unpaired) electrons. The molecule has 0 aliphatic heterocycles. The largest absolute Gasteiger partial charge is 0.344 e. The molecule has 0 atom stereocenters. The summed E-state index contributed by atoms with van der Waals surface area (Å²) in [5, 5.41) is 8.40. The maximum Gasteiger partial charge on any atom is 0.226 e. The van der Waals surface area contributed by atoms with Gasteiger partial charge in [-0.1, -0.05) is 30.3 Å². The Kier molecular flexibility index (Phi) is 4.36. The van der Waals surface area contributed by atoms with E-state index in [1.807, 2.05) is 36.4 Å². The Morgan fingerprint density at radius 1 is 1.40 bits per heavy atom. The van der Waals surface area contributed by atoms with Crippen LogP contribution in [0.2, 0.25) is 0 Å². The van der Waals surface area contributed by atoms with Crippen LogP contribution in [0.3, 0.4) is 0 Å². The van der Waals surface area contributed by atoms with Crippen LogP contribution < -0.4 is 0 Å². The number of likely N-dealkylation sites (N-methyl/N-ethyl adjacent to an activating group) is 1. The van der Waals surface area contributed by atoms with Gasteiger partial charge in [-0.15, -0.1) is 0 Å². The van der Waals surface area contributed by atoms with Crippen molar-refractivity contribution in [3.63, 3.8) is 0 Å². The van der Waals surface area contributed by atoms with E-state index >= 15 is 0 Å². The predicted octanol–water partition coefficient (Wildman–Crippen LogP) is 1.60. The van der Waals surface area contributed by atoms with Gasteiger partial charge in [0.15, 0.2) is 0 Å². The van der Waals surface area contributed by atoms with Crippen molar-refractivity contribution in [3.8, 4) is 6.07 Å². The van der Waals surface area contributed by atoms with Crippen LogP contribution in [-0.2, 0) is 11.2 Å². The number of benzene rings is 1. The van der Waals surface area contributed by atoms with Crippen molar-refractivity contribution in [2.75, 3.05) is 13.6 Å². The van der Waals surface area contributed by atoms with E-state index < -0.39 is 0 Å². The topological polar surface area (TPSA) is 44.1 Å². The highest BCUT2D eigenvalue weighted by Gasteiger charge is 2.08. The van der Waals surface area contributed by atoms with E-state index in [9.17, 15) is 4.79 Å². The number of hydrogen-bond acceptors (Lipinski definition) is 2. The van der Waals surface area contributed by atoms with Gasteiger partial charge in [0.2, 0.25) is 5.91 Å². The quantitative estimate of drug-likeness (QED) is 0.744. The second-order valence-corrected chi connectivity index (χ2v) is 3.39. The van der Waals surface area contributed by atoms with Crippen LogP contribution in [-0.4, -0.2) is 24.4 Å². The number of rotatable bonds is 4. The number of hydrogen-bond donors (Lipinski definition) is 0. The Bertz CT molecular complexity index is 354. The van der Waals surface area contributed by atoms with Crippen LogP contribution in [0, 0.1) is 11.3 Å². The molecule has 0 spiro atoms. The Morgan fingerprint density at radius 3 is 2.67 bits per heavy atom. The lowest BCUT2D eigenvalue weighted by Gasteiger charge is -2.15. The molecule has 3 heteroatoms. The van der Waals surface area contributed by atoms with E-state index in [1.165, 1.54) is 0 Å². The molecule has 0 aliphatic carbocycles. The first kappa shape index (κ1) is 11.3. The SMILES string of the molecule is CN(CCC#N)C(=O)Cc1ccccc1. The van der Waals surface area contributed by atoms with Crippen molar-refractivity contribution >= 4 is 5.91 Å². The maximum atomic E-state index is 11.6. The highest BCUT2D eigenvalue weighted by Crippen LogP contribution is 2.02. The zero-order chi connectivity index (χ0) is 11.1. The normalized spacial score (nSPS) is 9.33. The number of amides is 1. The lowest BCUT2D eigenvalue weighted by Crippen LogP contribution is -2.28. The zero-order valence-corrected chi connectivity index (χ0v) is 8.81. The number of carbonyl (C=O) groups is 1. The van der Waals surface area contributed by atoms with Crippen LogP contribution in [0.5, 0.6) is 0 Å². The van der Waals surface area contributed by atoms with Gasteiger partial charge in [-0.2, -0.15) is 5.26 Å². The summed E-state index contributed by atoms with van der Waals surface area (Å²) in [5.41, 5.74) is 1.01. The molecule has 1 aromatic carbocycles. The predicted molar refractivity (Wildman–Crippen MR) is 58.0 cm³/mol. The third-order valence-electron chi connectivity index (χ3n) is 2.18. The Morgan fingerprint density at radius 2 is 2.07 bits per heavy atom. The van der Waals surface area contributed by atoms with Gasteiger partial charge in [-0.25, -0.2) is 0 Å². The minimum Gasteiger partial charge on any atom is -0.344 e. The molecule has 0 fully saturated rings. The van der Waals surface area contributed by atoms with Crippen LogP contribution in [0.4, 0.5) is 0 Å². The Balaban J connectivity index is 2.46. The van der Waals surface area contributed by atoms with Crippen molar-refractivity contribution in [2.45, 2.75) is 12.8 Å². The van der Waals surface area contributed by atoms with Crippen LogP contribution in [0.15, 0.2) is 30.3 Å². The molecule has 0 aromatic heterocycles. The zero-order valence-electron chi connectivity index (χ0n) is 8.81. The molecular formula is C12H14N2O. The van der Waals surface area contributed by atoms with Gasteiger partial charge in [0.25, 0.3) is 0 Å². The molecule has 0 heterocycles. The first-order chi connectivity index (χ1) is 7.24. The fraction of sp³-hybridized carbons (Fsp3) is 0.333.